The van der Waals surface area contributed by atoms with Crippen molar-refractivity contribution in [1.82, 2.24) is 0 Å². The highest BCUT2D eigenvalue weighted by Crippen LogP contribution is 2.35. The number of aryl methyl sites for hydroxylation is 2. The highest BCUT2D eigenvalue weighted by atomic mass is 35.5. The van der Waals surface area contributed by atoms with E-state index in [0.717, 1.165) is 23.3 Å². The van der Waals surface area contributed by atoms with Crippen LogP contribution in [-0.2, 0) is 0 Å². The predicted octanol–water partition coefficient (Wildman–Crippen LogP) is 4.17. The zero-order valence-electron chi connectivity index (χ0n) is 11.4. The van der Waals surface area contributed by atoms with E-state index < -0.39 is 17.3 Å². The van der Waals surface area contributed by atoms with Gasteiger partial charge in [-0.2, -0.15) is 0 Å². The summed E-state index contributed by atoms with van der Waals surface area (Å²) in [6.07, 6.45) is 0. The van der Waals surface area contributed by atoms with Gasteiger partial charge in [0.25, 0.3) is 0 Å². The average molecular weight is 310 g/mol. The molecule has 6 heteroatoms. The molecule has 2 aromatic rings. The lowest BCUT2D eigenvalue weighted by molar-refractivity contribution is 0.0692. The number of carboxylic acid groups (broad SMARTS) is 1. The Morgan fingerprint density at radius 3 is 2.33 bits per heavy atom. The smallest absolute Gasteiger partial charge is 0.338 e. The van der Waals surface area contributed by atoms with Crippen molar-refractivity contribution in [3.63, 3.8) is 0 Å². The number of ether oxygens (including phenoxy) is 1. The molecule has 0 saturated carbocycles. The number of anilines is 1. The summed E-state index contributed by atoms with van der Waals surface area (Å²) >= 11 is 5.93. The molecule has 21 heavy (non-hydrogen) atoms. The number of rotatable bonds is 3. The standard InChI is InChI=1S/C15H13ClFNO3/c1-7-3-9(16)4-8(2)14(7)21-13-6-11(17)10(15(19)20)5-12(13)18/h3-6H,18H2,1-2H3,(H,19,20). The molecule has 0 aliphatic heterocycles. The van der Waals surface area contributed by atoms with Crippen molar-refractivity contribution < 1.29 is 19.0 Å². The largest absolute Gasteiger partial charge is 0.478 e. The summed E-state index contributed by atoms with van der Waals surface area (Å²) in [7, 11) is 0. The van der Waals surface area contributed by atoms with E-state index in [2.05, 4.69) is 0 Å². The zero-order valence-corrected chi connectivity index (χ0v) is 12.2. The van der Waals surface area contributed by atoms with Crippen molar-refractivity contribution in [2.75, 3.05) is 5.73 Å². The van der Waals surface area contributed by atoms with E-state index in [0.29, 0.717) is 10.8 Å². The minimum Gasteiger partial charge on any atom is -0.478 e. The molecule has 0 aromatic heterocycles. The third kappa shape index (κ3) is 3.08. The Bertz CT molecular complexity index is 708. The summed E-state index contributed by atoms with van der Waals surface area (Å²) in [5.74, 6) is -1.72. The van der Waals surface area contributed by atoms with E-state index in [4.69, 9.17) is 27.2 Å². The molecule has 0 fully saturated rings. The van der Waals surface area contributed by atoms with Crippen LogP contribution in [0, 0.1) is 19.7 Å². The van der Waals surface area contributed by atoms with E-state index >= 15 is 0 Å². The van der Waals surface area contributed by atoms with Crippen LogP contribution in [0.2, 0.25) is 5.02 Å². The molecule has 0 radical (unpaired) electrons. The van der Waals surface area contributed by atoms with Gasteiger partial charge in [-0.1, -0.05) is 11.6 Å². The summed E-state index contributed by atoms with van der Waals surface area (Å²) in [5, 5.41) is 9.41. The van der Waals surface area contributed by atoms with Crippen molar-refractivity contribution in [3.05, 3.63) is 51.8 Å². The van der Waals surface area contributed by atoms with Gasteiger partial charge in [-0.15, -0.1) is 0 Å². The highest BCUT2D eigenvalue weighted by molar-refractivity contribution is 6.30. The topological polar surface area (TPSA) is 72.5 Å². The lowest BCUT2D eigenvalue weighted by Crippen LogP contribution is -2.04. The quantitative estimate of drug-likeness (QED) is 0.835. The lowest BCUT2D eigenvalue weighted by atomic mass is 10.1. The zero-order chi connectivity index (χ0) is 15.7. The maximum atomic E-state index is 13.7. The van der Waals surface area contributed by atoms with Gasteiger partial charge in [-0.25, -0.2) is 9.18 Å². The molecule has 0 saturated heterocycles. The first-order valence-corrected chi connectivity index (χ1v) is 6.44. The van der Waals surface area contributed by atoms with Gasteiger partial charge in [0.05, 0.1) is 11.3 Å². The Labute approximate surface area is 125 Å². The summed E-state index contributed by atoms with van der Waals surface area (Å²) in [6, 6.07) is 5.42. The molecule has 2 aromatic carbocycles. The fourth-order valence-electron chi connectivity index (χ4n) is 1.99. The van der Waals surface area contributed by atoms with Crippen LogP contribution in [0.3, 0.4) is 0 Å². The SMILES string of the molecule is Cc1cc(Cl)cc(C)c1Oc1cc(F)c(C(=O)O)cc1N. The van der Waals surface area contributed by atoms with Gasteiger partial charge < -0.3 is 15.6 Å². The molecule has 4 nitrogen and oxygen atoms in total. The third-order valence-corrected chi connectivity index (χ3v) is 3.19. The van der Waals surface area contributed by atoms with Gasteiger partial charge in [0.15, 0.2) is 5.75 Å². The van der Waals surface area contributed by atoms with Crippen molar-refractivity contribution in [2.24, 2.45) is 0 Å². The minimum atomic E-state index is -1.38. The van der Waals surface area contributed by atoms with Gasteiger partial charge in [0.2, 0.25) is 0 Å². The van der Waals surface area contributed by atoms with Crippen molar-refractivity contribution >= 4 is 23.3 Å². The number of nitrogen functional groups attached to an aromatic ring is 1. The number of halogens is 2. The van der Waals surface area contributed by atoms with E-state index in [-0.39, 0.29) is 11.4 Å². The summed E-state index contributed by atoms with van der Waals surface area (Å²) in [4.78, 5) is 10.8. The molecule has 0 spiro atoms. The van der Waals surface area contributed by atoms with Crippen LogP contribution in [-0.4, -0.2) is 11.1 Å². The van der Waals surface area contributed by atoms with Crippen LogP contribution >= 0.6 is 11.6 Å². The number of nitrogens with two attached hydrogens (primary N) is 1. The van der Waals surface area contributed by atoms with E-state index in [1.165, 1.54) is 0 Å². The van der Waals surface area contributed by atoms with Gasteiger partial charge in [0, 0.05) is 11.1 Å². The Kier molecular flexibility index (Phi) is 4.04. The van der Waals surface area contributed by atoms with Crippen molar-refractivity contribution in [2.45, 2.75) is 13.8 Å². The first-order valence-electron chi connectivity index (χ1n) is 6.06. The number of benzene rings is 2. The second-order valence-corrected chi connectivity index (χ2v) is 5.08. The van der Waals surface area contributed by atoms with E-state index in [1.807, 2.05) is 0 Å². The van der Waals surface area contributed by atoms with Crippen LogP contribution in [0.15, 0.2) is 24.3 Å². The molecule has 0 aliphatic carbocycles. The molecule has 0 bridgehead atoms. The van der Waals surface area contributed by atoms with Crippen LogP contribution in [0.25, 0.3) is 0 Å². The third-order valence-electron chi connectivity index (χ3n) is 2.97. The van der Waals surface area contributed by atoms with Crippen LogP contribution in [0.5, 0.6) is 11.5 Å². The molecular formula is C15H13ClFNO3. The van der Waals surface area contributed by atoms with Gasteiger partial charge in [0.1, 0.15) is 11.6 Å². The predicted molar refractivity (Wildman–Crippen MR) is 78.8 cm³/mol. The first-order chi connectivity index (χ1) is 9.79. The Morgan fingerprint density at radius 1 is 1.24 bits per heavy atom. The molecule has 0 amide bonds. The molecule has 0 atom stereocenters. The van der Waals surface area contributed by atoms with Gasteiger partial charge in [-0.3, -0.25) is 0 Å². The second-order valence-electron chi connectivity index (χ2n) is 4.65. The van der Waals surface area contributed by atoms with Crippen molar-refractivity contribution in [1.29, 1.82) is 0 Å². The molecule has 3 N–H and O–H groups in total. The van der Waals surface area contributed by atoms with E-state index in [1.54, 1.807) is 26.0 Å². The molecular weight excluding hydrogens is 297 g/mol. The van der Waals surface area contributed by atoms with Crippen LogP contribution < -0.4 is 10.5 Å². The monoisotopic (exact) mass is 309 g/mol. The molecule has 0 heterocycles. The number of carbonyl (C=O) groups is 1. The molecule has 110 valence electrons. The molecule has 0 unspecified atom stereocenters. The van der Waals surface area contributed by atoms with Crippen LogP contribution in [0.4, 0.5) is 10.1 Å². The molecule has 2 rings (SSSR count). The summed E-state index contributed by atoms with van der Waals surface area (Å²) < 4.78 is 19.3. The normalized spacial score (nSPS) is 10.5. The Balaban J connectivity index is 2.46. The summed E-state index contributed by atoms with van der Waals surface area (Å²) in [6.45, 7) is 3.60. The minimum absolute atomic E-state index is 0.0440. The number of carboxylic acids is 1. The Morgan fingerprint density at radius 2 is 1.81 bits per heavy atom. The summed E-state index contributed by atoms with van der Waals surface area (Å²) in [5.41, 5.74) is 6.80. The number of hydrogen-bond donors (Lipinski definition) is 2. The van der Waals surface area contributed by atoms with Gasteiger partial charge in [-0.05, 0) is 43.2 Å². The first kappa shape index (κ1) is 15.1. The maximum absolute atomic E-state index is 13.7. The average Bonchev–Trinajstić information content (AvgIpc) is 2.36. The van der Waals surface area contributed by atoms with Gasteiger partial charge >= 0.3 is 5.97 Å². The van der Waals surface area contributed by atoms with Crippen LogP contribution in [0.1, 0.15) is 21.5 Å². The second kappa shape index (κ2) is 5.61. The fourth-order valence-corrected chi connectivity index (χ4v) is 2.32. The lowest BCUT2D eigenvalue weighted by Gasteiger charge is -2.14. The Hall–Kier alpha value is -2.27. The van der Waals surface area contributed by atoms with E-state index in [9.17, 15) is 9.18 Å². The number of aromatic carboxylic acids is 1. The molecule has 0 aliphatic rings. The maximum Gasteiger partial charge on any atom is 0.338 e. The highest BCUT2D eigenvalue weighted by Gasteiger charge is 2.16. The van der Waals surface area contributed by atoms with Crippen molar-refractivity contribution in [3.8, 4) is 11.5 Å². The fraction of sp³-hybridized carbons (Fsp3) is 0.133. The number of hydrogen-bond acceptors (Lipinski definition) is 3.